The maximum atomic E-state index is 5.55. The summed E-state index contributed by atoms with van der Waals surface area (Å²) in [4.78, 5) is 7.75. The van der Waals surface area contributed by atoms with Crippen molar-refractivity contribution in [1.29, 1.82) is 0 Å². The highest BCUT2D eigenvalue weighted by molar-refractivity contribution is 7.98. The SMILES string of the molecule is CN=C(NCc1ccc(C)cc1SC)NCC(c1ccco1)N(C)C. The first-order valence-electron chi connectivity index (χ1n) is 8.33. The smallest absolute Gasteiger partial charge is 0.191 e. The molecule has 6 heteroatoms. The molecule has 25 heavy (non-hydrogen) atoms. The number of rotatable bonds is 7. The molecule has 1 unspecified atom stereocenters. The summed E-state index contributed by atoms with van der Waals surface area (Å²) in [6, 6.07) is 10.6. The molecular formula is C19H28N4OS. The number of thioether (sulfide) groups is 1. The normalized spacial score (nSPS) is 13.1. The molecule has 136 valence electrons. The summed E-state index contributed by atoms with van der Waals surface area (Å²) < 4.78 is 5.55. The predicted octanol–water partition coefficient (Wildman–Crippen LogP) is 3.28. The summed E-state index contributed by atoms with van der Waals surface area (Å²) in [5, 5.41) is 6.78. The number of hydrogen-bond donors (Lipinski definition) is 2. The summed E-state index contributed by atoms with van der Waals surface area (Å²) in [6.45, 7) is 3.57. The number of likely N-dealkylation sites (N-methyl/N-ethyl adjacent to an activating group) is 1. The lowest BCUT2D eigenvalue weighted by Gasteiger charge is -2.23. The van der Waals surface area contributed by atoms with Crippen molar-refractivity contribution in [2.24, 2.45) is 4.99 Å². The quantitative estimate of drug-likeness (QED) is 0.451. The lowest BCUT2D eigenvalue weighted by atomic mass is 10.1. The second-order valence-corrected chi connectivity index (χ2v) is 6.96. The van der Waals surface area contributed by atoms with Crippen LogP contribution >= 0.6 is 11.8 Å². The van der Waals surface area contributed by atoms with Crippen molar-refractivity contribution in [3.05, 3.63) is 53.5 Å². The number of nitrogens with zero attached hydrogens (tertiary/aromatic N) is 2. The highest BCUT2D eigenvalue weighted by atomic mass is 32.2. The van der Waals surface area contributed by atoms with Gasteiger partial charge in [-0.1, -0.05) is 12.1 Å². The lowest BCUT2D eigenvalue weighted by Crippen LogP contribution is -2.41. The maximum Gasteiger partial charge on any atom is 0.191 e. The molecule has 0 aliphatic rings. The van der Waals surface area contributed by atoms with Crippen LogP contribution in [0.1, 0.15) is 22.9 Å². The van der Waals surface area contributed by atoms with Gasteiger partial charge in [0.1, 0.15) is 5.76 Å². The Bertz CT molecular complexity index is 683. The first kappa shape index (κ1) is 19.4. The van der Waals surface area contributed by atoms with Gasteiger partial charge < -0.3 is 15.1 Å². The molecule has 5 nitrogen and oxygen atoms in total. The Labute approximate surface area is 154 Å². The topological polar surface area (TPSA) is 52.8 Å². The number of furan rings is 1. The van der Waals surface area contributed by atoms with E-state index < -0.39 is 0 Å². The molecule has 0 fully saturated rings. The average Bonchev–Trinajstić information content (AvgIpc) is 3.12. The Morgan fingerprint density at radius 3 is 2.68 bits per heavy atom. The molecule has 2 aromatic rings. The molecular weight excluding hydrogens is 332 g/mol. The van der Waals surface area contributed by atoms with Gasteiger partial charge in [-0.3, -0.25) is 9.89 Å². The number of hydrogen-bond acceptors (Lipinski definition) is 4. The average molecular weight is 361 g/mol. The van der Waals surface area contributed by atoms with Gasteiger partial charge in [-0.05, 0) is 56.6 Å². The van der Waals surface area contributed by atoms with Crippen LogP contribution in [0.4, 0.5) is 0 Å². The van der Waals surface area contributed by atoms with E-state index in [1.54, 1.807) is 25.1 Å². The van der Waals surface area contributed by atoms with Crippen molar-refractivity contribution in [2.75, 3.05) is 33.9 Å². The van der Waals surface area contributed by atoms with Gasteiger partial charge in [-0.15, -0.1) is 11.8 Å². The van der Waals surface area contributed by atoms with Crippen LogP contribution in [0.3, 0.4) is 0 Å². The summed E-state index contributed by atoms with van der Waals surface area (Å²) >= 11 is 1.77. The van der Waals surface area contributed by atoms with E-state index in [4.69, 9.17) is 4.42 Å². The molecule has 0 saturated heterocycles. The molecule has 0 aliphatic heterocycles. The maximum absolute atomic E-state index is 5.55. The third kappa shape index (κ3) is 5.54. The van der Waals surface area contributed by atoms with E-state index in [9.17, 15) is 0 Å². The highest BCUT2D eigenvalue weighted by Crippen LogP contribution is 2.21. The highest BCUT2D eigenvalue weighted by Gasteiger charge is 2.17. The van der Waals surface area contributed by atoms with Crippen molar-refractivity contribution >= 4 is 17.7 Å². The molecule has 1 atom stereocenters. The Morgan fingerprint density at radius 1 is 1.28 bits per heavy atom. The van der Waals surface area contributed by atoms with E-state index in [1.807, 2.05) is 26.2 Å². The fourth-order valence-corrected chi connectivity index (χ4v) is 3.32. The third-order valence-electron chi connectivity index (χ3n) is 4.07. The van der Waals surface area contributed by atoms with Crippen LogP contribution in [-0.2, 0) is 6.54 Å². The van der Waals surface area contributed by atoms with Gasteiger partial charge >= 0.3 is 0 Å². The zero-order chi connectivity index (χ0) is 18.2. The minimum absolute atomic E-state index is 0.148. The summed E-state index contributed by atoms with van der Waals surface area (Å²) in [7, 11) is 5.88. The monoisotopic (exact) mass is 360 g/mol. The van der Waals surface area contributed by atoms with Crippen molar-refractivity contribution in [3.63, 3.8) is 0 Å². The van der Waals surface area contributed by atoms with Crippen molar-refractivity contribution in [1.82, 2.24) is 15.5 Å². The first-order chi connectivity index (χ1) is 12.0. The zero-order valence-corrected chi connectivity index (χ0v) is 16.5. The van der Waals surface area contributed by atoms with E-state index in [2.05, 4.69) is 51.9 Å². The zero-order valence-electron chi connectivity index (χ0n) is 15.7. The molecule has 2 rings (SSSR count). The second kappa shape index (κ2) is 9.53. The van der Waals surface area contributed by atoms with Crippen LogP contribution in [0.15, 0.2) is 50.9 Å². The van der Waals surface area contributed by atoms with Gasteiger partial charge in [0.15, 0.2) is 5.96 Å². The van der Waals surface area contributed by atoms with E-state index in [1.165, 1.54) is 16.0 Å². The Hall–Kier alpha value is -1.92. The van der Waals surface area contributed by atoms with Crippen LogP contribution in [-0.4, -0.2) is 44.8 Å². The standard InChI is InChI=1S/C19H28N4OS/c1-14-8-9-15(18(11-14)25-5)12-21-19(20-2)22-13-16(23(3)4)17-7-6-10-24-17/h6-11,16H,12-13H2,1-5H3,(H2,20,21,22). The van der Waals surface area contributed by atoms with Gasteiger partial charge in [-0.2, -0.15) is 0 Å². The number of nitrogens with one attached hydrogen (secondary N) is 2. The van der Waals surface area contributed by atoms with Crippen LogP contribution in [0.2, 0.25) is 0 Å². The number of aliphatic imine (C=N–C) groups is 1. The van der Waals surface area contributed by atoms with Crippen molar-refractivity contribution in [2.45, 2.75) is 24.4 Å². The van der Waals surface area contributed by atoms with Crippen LogP contribution in [0.5, 0.6) is 0 Å². The van der Waals surface area contributed by atoms with Gasteiger partial charge in [0.2, 0.25) is 0 Å². The van der Waals surface area contributed by atoms with Crippen molar-refractivity contribution < 1.29 is 4.42 Å². The fraction of sp³-hybridized carbons (Fsp3) is 0.421. The number of aryl methyl sites for hydroxylation is 1. The fourth-order valence-electron chi connectivity index (χ4n) is 2.61. The Kier molecular flexibility index (Phi) is 7.40. The molecule has 1 heterocycles. The molecule has 2 N–H and O–H groups in total. The van der Waals surface area contributed by atoms with E-state index in [0.29, 0.717) is 6.54 Å². The minimum atomic E-state index is 0.148. The van der Waals surface area contributed by atoms with Crippen LogP contribution in [0, 0.1) is 6.92 Å². The Morgan fingerprint density at radius 2 is 2.08 bits per heavy atom. The molecule has 0 amide bonds. The predicted molar refractivity (Wildman–Crippen MR) is 106 cm³/mol. The van der Waals surface area contributed by atoms with E-state index in [-0.39, 0.29) is 6.04 Å². The van der Waals surface area contributed by atoms with Gasteiger partial charge in [0.05, 0.1) is 12.3 Å². The largest absolute Gasteiger partial charge is 0.468 e. The second-order valence-electron chi connectivity index (χ2n) is 6.12. The molecule has 0 spiro atoms. The molecule has 1 aromatic carbocycles. The molecule has 1 aromatic heterocycles. The van der Waals surface area contributed by atoms with Crippen LogP contribution < -0.4 is 10.6 Å². The van der Waals surface area contributed by atoms with Gasteiger partial charge in [-0.25, -0.2) is 0 Å². The summed E-state index contributed by atoms with van der Waals surface area (Å²) in [6.07, 6.45) is 3.82. The summed E-state index contributed by atoms with van der Waals surface area (Å²) in [5.74, 6) is 1.72. The van der Waals surface area contributed by atoms with E-state index in [0.717, 1.165) is 18.3 Å². The lowest BCUT2D eigenvalue weighted by molar-refractivity contribution is 0.258. The molecule has 0 saturated carbocycles. The van der Waals surface area contributed by atoms with Crippen molar-refractivity contribution in [3.8, 4) is 0 Å². The first-order valence-corrected chi connectivity index (χ1v) is 9.55. The van der Waals surface area contributed by atoms with Crippen LogP contribution in [0.25, 0.3) is 0 Å². The van der Waals surface area contributed by atoms with Gasteiger partial charge in [0, 0.05) is 25.0 Å². The number of guanidine groups is 1. The molecule has 0 radical (unpaired) electrons. The minimum Gasteiger partial charge on any atom is -0.468 e. The third-order valence-corrected chi connectivity index (χ3v) is 4.89. The van der Waals surface area contributed by atoms with Gasteiger partial charge in [0.25, 0.3) is 0 Å². The molecule has 0 bridgehead atoms. The summed E-state index contributed by atoms with van der Waals surface area (Å²) in [5.41, 5.74) is 2.55. The van der Waals surface area contributed by atoms with E-state index >= 15 is 0 Å². The number of benzene rings is 1. The Balaban J connectivity index is 1.95. The molecule has 0 aliphatic carbocycles.